The number of aromatic nitrogens is 1. The maximum atomic E-state index is 11.9. The van der Waals surface area contributed by atoms with Gasteiger partial charge in [-0.1, -0.05) is 29.8 Å². The fourth-order valence-electron chi connectivity index (χ4n) is 1.87. The van der Waals surface area contributed by atoms with E-state index in [1.165, 1.54) is 0 Å². The molecule has 5 heteroatoms. The van der Waals surface area contributed by atoms with Gasteiger partial charge in [-0.15, -0.1) is 0 Å². The van der Waals surface area contributed by atoms with Gasteiger partial charge in [0.15, 0.2) is 0 Å². The average Bonchev–Trinajstić information content (AvgIpc) is 2.81. The monoisotopic (exact) mass is 283 g/mol. The summed E-state index contributed by atoms with van der Waals surface area (Å²) >= 11 is 6.10. The number of hydrogen-bond acceptors (Lipinski definition) is 3. The van der Waals surface area contributed by atoms with Gasteiger partial charge in [-0.3, -0.25) is 9.78 Å². The van der Waals surface area contributed by atoms with Crippen LogP contribution in [0.15, 0.2) is 59.5 Å². The van der Waals surface area contributed by atoms with Crippen LogP contribution < -0.4 is 5.32 Å². The molecule has 0 aliphatic carbocycles. The van der Waals surface area contributed by atoms with Crippen LogP contribution >= 0.6 is 11.6 Å². The first kappa shape index (κ1) is 12.6. The molecular weight excluding hydrogens is 274 g/mol. The van der Waals surface area contributed by atoms with Gasteiger partial charge in [0.05, 0.1) is 5.02 Å². The minimum absolute atomic E-state index is 0.247. The third kappa shape index (κ3) is 2.46. The lowest BCUT2D eigenvalue weighted by atomic mass is 10.2. The molecule has 1 aliphatic heterocycles. The van der Waals surface area contributed by atoms with E-state index in [1.54, 1.807) is 30.6 Å². The van der Waals surface area contributed by atoms with Crippen molar-refractivity contribution in [3.05, 3.63) is 70.6 Å². The molecule has 2 heterocycles. The molecule has 1 aliphatic rings. The molecule has 1 amide bonds. The lowest BCUT2D eigenvalue weighted by molar-refractivity contribution is -0.115. The van der Waals surface area contributed by atoms with Gasteiger partial charge in [0.25, 0.3) is 5.91 Å². The van der Waals surface area contributed by atoms with Crippen LogP contribution in [0.5, 0.6) is 0 Å². The van der Waals surface area contributed by atoms with Gasteiger partial charge in [0.1, 0.15) is 11.5 Å². The van der Waals surface area contributed by atoms with E-state index in [4.69, 9.17) is 11.6 Å². The van der Waals surface area contributed by atoms with Gasteiger partial charge in [-0.05, 0) is 29.8 Å². The molecule has 0 radical (unpaired) electrons. The molecule has 4 nitrogen and oxygen atoms in total. The predicted octanol–water partition coefficient (Wildman–Crippen LogP) is 2.65. The Morgan fingerprint density at radius 1 is 1.15 bits per heavy atom. The quantitative estimate of drug-likeness (QED) is 0.862. The van der Waals surface area contributed by atoms with E-state index in [2.05, 4.69) is 15.3 Å². The fraction of sp³-hybridized carbons (Fsp3) is 0. The number of amidine groups is 1. The van der Waals surface area contributed by atoms with Gasteiger partial charge in [-0.25, -0.2) is 4.99 Å². The van der Waals surface area contributed by atoms with E-state index in [0.717, 1.165) is 5.56 Å². The number of pyridine rings is 1. The zero-order chi connectivity index (χ0) is 13.9. The third-order valence-electron chi connectivity index (χ3n) is 2.81. The molecular formula is C15H10ClN3O. The number of nitrogens with one attached hydrogen (secondary N) is 1. The van der Waals surface area contributed by atoms with Crippen molar-refractivity contribution >= 4 is 29.4 Å². The van der Waals surface area contributed by atoms with Crippen molar-refractivity contribution in [3.8, 4) is 0 Å². The number of aliphatic imine (C=N–C) groups is 1. The maximum absolute atomic E-state index is 11.9. The molecule has 0 saturated carbocycles. The standard InChI is InChI=1S/C15H10ClN3O/c16-12-6-2-1-5-11(12)14-18-13(15(20)19-14)8-10-4-3-7-17-9-10/h1-9H,(H,18,19,20)/b13-8+. The summed E-state index contributed by atoms with van der Waals surface area (Å²) in [5.74, 6) is 0.222. The second kappa shape index (κ2) is 5.27. The molecule has 0 unspecified atom stereocenters. The maximum Gasteiger partial charge on any atom is 0.275 e. The molecule has 0 atom stereocenters. The highest BCUT2D eigenvalue weighted by Crippen LogP contribution is 2.20. The summed E-state index contributed by atoms with van der Waals surface area (Å²) in [6.07, 6.45) is 5.03. The summed E-state index contributed by atoms with van der Waals surface area (Å²) in [7, 11) is 0. The number of halogens is 1. The number of hydrogen-bond donors (Lipinski definition) is 1. The highest BCUT2D eigenvalue weighted by atomic mass is 35.5. The number of carbonyl (C=O) groups excluding carboxylic acids is 1. The first-order valence-corrected chi connectivity index (χ1v) is 6.38. The normalized spacial score (nSPS) is 16.1. The van der Waals surface area contributed by atoms with Crippen LogP contribution in [0.25, 0.3) is 6.08 Å². The van der Waals surface area contributed by atoms with Crippen molar-refractivity contribution in [2.75, 3.05) is 0 Å². The molecule has 1 aromatic heterocycles. The summed E-state index contributed by atoms with van der Waals surface area (Å²) in [6, 6.07) is 10.9. The van der Waals surface area contributed by atoms with Crippen molar-refractivity contribution in [2.24, 2.45) is 4.99 Å². The smallest absolute Gasteiger partial charge is 0.275 e. The van der Waals surface area contributed by atoms with Gasteiger partial charge in [0.2, 0.25) is 0 Å². The Morgan fingerprint density at radius 3 is 2.75 bits per heavy atom. The van der Waals surface area contributed by atoms with E-state index in [9.17, 15) is 4.79 Å². The molecule has 1 N–H and O–H groups in total. The van der Waals surface area contributed by atoms with Crippen LogP contribution in [0.4, 0.5) is 0 Å². The molecule has 1 aromatic carbocycles. The van der Waals surface area contributed by atoms with Crippen LogP contribution in [-0.4, -0.2) is 16.7 Å². The lowest BCUT2D eigenvalue weighted by Crippen LogP contribution is -2.24. The van der Waals surface area contributed by atoms with Crippen LogP contribution in [0, 0.1) is 0 Å². The highest BCUT2D eigenvalue weighted by Gasteiger charge is 2.22. The third-order valence-corrected chi connectivity index (χ3v) is 3.14. The van der Waals surface area contributed by atoms with E-state index in [-0.39, 0.29) is 5.91 Å². The van der Waals surface area contributed by atoms with Crippen LogP contribution in [0.3, 0.4) is 0 Å². The number of nitrogens with zero attached hydrogens (tertiary/aromatic N) is 2. The summed E-state index contributed by atoms with van der Waals surface area (Å²) in [5.41, 5.74) is 1.87. The Bertz CT molecular complexity index is 723. The molecule has 0 fully saturated rings. The van der Waals surface area contributed by atoms with E-state index < -0.39 is 0 Å². The second-order valence-corrected chi connectivity index (χ2v) is 4.62. The molecule has 3 rings (SSSR count). The average molecular weight is 284 g/mol. The zero-order valence-corrected chi connectivity index (χ0v) is 11.1. The van der Waals surface area contributed by atoms with Gasteiger partial charge >= 0.3 is 0 Å². The van der Waals surface area contributed by atoms with Crippen molar-refractivity contribution in [1.29, 1.82) is 0 Å². The SMILES string of the molecule is O=C1NC(c2ccccc2Cl)=N/C1=C/c1cccnc1. The molecule has 0 spiro atoms. The predicted molar refractivity (Wildman–Crippen MR) is 78.3 cm³/mol. The summed E-state index contributed by atoms with van der Waals surface area (Å²) in [5, 5.41) is 3.27. The van der Waals surface area contributed by atoms with Crippen LogP contribution in [0.1, 0.15) is 11.1 Å². The van der Waals surface area contributed by atoms with E-state index in [1.807, 2.05) is 24.3 Å². The molecule has 0 saturated heterocycles. The van der Waals surface area contributed by atoms with Crippen molar-refractivity contribution < 1.29 is 4.79 Å². The van der Waals surface area contributed by atoms with Gasteiger partial charge < -0.3 is 5.32 Å². The fourth-order valence-corrected chi connectivity index (χ4v) is 2.09. The van der Waals surface area contributed by atoms with Crippen LogP contribution in [0.2, 0.25) is 5.02 Å². The first-order chi connectivity index (χ1) is 9.74. The molecule has 2 aromatic rings. The lowest BCUT2D eigenvalue weighted by Gasteiger charge is -2.01. The Balaban J connectivity index is 1.98. The van der Waals surface area contributed by atoms with Crippen molar-refractivity contribution in [2.45, 2.75) is 0 Å². The molecule has 20 heavy (non-hydrogen) atoms. The minimum atomic E-state index is -0.247. The number of rotatable bonds is 2. The number of benzene rings is 1. The molecule has 98 valence electrons. The van der Waals surface area contributed by atoms with Gasteiger partial charge in [-0.2, -0.15) is 0 Å². The van der Waals surface area contributed by atoms with Crippen molar-refractivity contribution in [1.82, 2.24) is 10.3 Å². The van der Waals surface area contributed by atoms with Crippen LogP contribution in [-0.2, 0) is 4.79 Å². The Morgan fingerprint density at radius 2 is 2.00 bits per heavy atom. The van der Waals surface area contributed by atoms with Crippen molar-refractivity contribution in [3.63, 3.8) is 0 Å². The number of amides is 1. The summed E-state index contributed by atoms with van der Waals surface area (Å²) in [4.78, 5) is 20.2. The van der Waals surface area contributed by atoms with Gasteiger partial charge in [0, 0.05) is 18.0 Å². The minimum Gasteiger partial charge on any atom is -0.305 e. The molecule has 0 bridgehead atoms. The highest BCUT2D eigenvalue weighted by molar-refractivity contribution is 6.35. The first-order valence-electron chi connectivity index (χ1n) is 6.01. The summed E-state index contributed by atoms with van der Waals surface area (Å²) in [6.45, 7) is 0. The largest absolute Gasteiger partial charge is 0.305 e. The zero-order valence-electron chi connectivity index (χ0n) is 10.4. The topological polar surface area (TPSA) is 54.4 Å². The second-order valence-electron chi connectivity index (χ2n) is 4.21. The number of carbonyl (C=O) groups is 1. The van der Waals surface area contributed by atoms with E-state index >= 15 is 0 Å². The Hall–Kier alpha value is -2.46. The summed E-state index contributed by atoms with van der Waals surface area (Å²) < 4.78 is 0. The Labute approximate surface area is 120 Å². The Kier molecular flexibility index (Phi) is 3.31. The van der Waals surface area contributed by atoms with E-state index in [0.29, 0.717) is 22.1 Å².